The van der Waals surface area contributed by atoms with Gasteiger partial charge in [0.25, 0.3) is 11.5 Å². The maximum atomic E-state index is 13.0. The van der Waals surface area contributed by atoms with Gasteiger partial charge in [0.15, 0.2) is 0 Å². The molecular formula is C27H28N4O2. The monoisotopic (exact) mass is 440 g/mol. The molecule has 0 radical (unpaired) electrons. The molecule has 2 N–H and O–H groups in total. The number of carbonyl (C=O) groups is 1. The fraction of sp³-hybridized carbons (Fsp3) is 0.222. The Morgan fingerprint density at radius 2 is 1.82 bits per heavy atom. The summed E-state index contributed by atoms with van der Waals surface area (Å²) in [5, 5.41) is 6.96. The van der Waals surface area contributed by atoms with E-state index in [1.807, 2.05) is 61.5 Å². The molecule has 0 aliphatic rings. The third-order valence-corrected chi connectivity index (χ3v) is 5.75. The molecule has 0 aliphatic carbocycles. The number of hydrogen-bond donors (Lipinski definition) is 2. The van der Waals surface area contributed by atoms with E-state index < -0.39 is 0 Å². The van der Waals surface area contributed by atoms with Crippen molar-refractivity contribution < 1.29 is 4.79 Å². The molecule has 6 nitrogen and oxygen atoms in total. The summed E-state index contributed by atoms with van der Waals surface area (Å²) in [5.41, 5.74) is 5.70. The number of nitrogens with zero attached hydrogens (tertiary/aromatic N) is 2. The van der Waals surface area contributed by atoms with Gasteiger partial charge in [-0.1, -0.05) is 37.6 Å². The van der Waals surface area contributed by atoms with Crippen molar-refractivity contribution in [1.82, 2.24) is 9.55 Å². The van der Waals surface area contributed by atoms with Crippen molar-refractivity contribution in [2.45, 2.75) is 33.1 Å². The molecule has 168 valence electrons. The lowest BCUT2D eigenvalue weighted by atomic mass is 10.0. The van der Waals surface area contributed by atoms with E-state index in [1.165, 1.54) is 10.9 Å². The average Bonchev–Trinajstić information content (AvgIpc) is 2.82. The van der Waals surface area contributed by atoms with Gasteiger partial charge in [-0.05, 0) is 67.3 Å². The van der Waals surface area contributed by atoms with Crippen LogP contribution in [0.1, 0.15) is 41.3 Å². The molecule has 0 bridgehead atoms. The standard InChI is InChI=1S/C27H28N4O2/c1-4-5-8-19-9-6-7-10-22(19)26(32)30-21-12-11-18(2)25(16-21)29-20-13-14-24-23(15-20)27(33)31(3)17-28-24/h6-7,9-17,29H,4-5,8H2,1-3H3,(H,30,32). The number of aryl methyl sites for hydroxylation is 3. The highest BCUT2D eigenvalue weighted by Crippen LogP contribution is 2.26. The van der Waals surface area contributed by atoms with Crippen molar-refractivity contribution in [2.75, 3.05) is 10.6 Å². The summed E-state index contributed by atoms with van der Waals surface area (Å²) >= 11 is 0. The predicted octanol–water partition coefficient (Wildman–Crippen LogP) is 5.58. The molecule has 6 heteroatoms. The lowest BCUT2D eigenvalue weighted by Gasteiger charge is -2.14. The Hall–Kier alpha value is -3.93. The zero-order valence-corrected chi connectivity index (χ0v) is 19.2. The van der Waals surface area contributed by atoms with Gasteiger partial charge >= 0.3 is 0 Å². The molecule has 4 aromatic rings. The molecular weight excluding hydrogens is 412 g/mol. The second-order valence-electron chi connectivity index (χ2n) is 8.26. The molecule has 0 aliphatic heterocycles. The van der Waals surface area contributed by atoms with Crippen molar-refractivity contribution in [3.8, 4) is 0 Å². The largest absolute Gasteiger partial charge is 0.355 e. The Morgan fingerprint density at radius 1 is 1.03 bits per heavy atom. The average molecular weight is 441 g/mol. The van der Waals surface area contributed by atoms with Gasteiger partial charge in [0.1, 0.15) is 0 Å². The van der Waals surface area contributed by atoms with E-state index in [0.29, 0.717) is 22.2 Å². The van der Waals surface area contributed by atoms with Crippen LogP contribution in [0.3, 0.4) is 0 Å². The van der Waals surface area contributed by atoms with Crippen LogP contribution in [-0.4, -0.2) is 15.5 Å². The first-order chi connectivity index (χ1) is 16.0. The topological polar surface area (TPSA) is 76.0 Å². The van der Waals surface area contributed by atoms with E-state index in [0.717, 1.165) is 41.8 Å². The smallest absolute Gasteiger partial charge is 0.260 e. The number of aromatic nitrogens is 2. The van der Waals surface area contributed by atoms with Gasteiger partial charge in [-0.25, -0.2) is 4.98 Å². The van der Waals surface area contributed by atoms with E-state index in [4.69, 9.17) is 0 Å². The summed E-state index contributed by atoms with van der Waals surface area (Å²) in [7, 11) is 1.69. The number of hydrogen-bond acceptors (Lipinski definition) is 4. The van der Waals surface area contributed by atoms with Gasteiger partial charge in [-0.15, -0.1) is 0 Å². The van der Waals surface area contributed by atoms with E-state index >= 15 is 0 Å². The molecule has 0 fully saturated rings. The quantitative estimate of drug-likeness (QED) is 0.393. The first-order valence-corrected chi connectivity index (χ1v) is 11.2. The first kappa shape index (κ1) is 22.3. The number of carbonyl (C=O) groups excluding carboxylic acids is 1. The molecule has 0 saturated carbocycles. The summed E-state index contributed by atoms with van der Waals surface area (Å²) in [6, 6.07) is 19.1. The number of anilines is 3. The second-order valence-corrected chi connectivity index (χ2v) is 8.26. The van der Waals surface area contributed by atoms with Crippen LogP contribution in [0.25, 0.3) is 10.9 Å². The molecule has 0 saturated heterocycles. The van der Waals surface area contributed by atoms with Crippen LogP contribution < -0.4 is 16.2 Å². The molecule has 0 unspecified atom stereocenters. The number of unbranched alkanes of at least 4 members (excludes halogenated alkanes) is 1. The normalized spacial score (nSPS) is 10.9. The minimum Gasteiger partial charge on any atom is -0.355 e. The van der Waals surface area contributed by atoms with Gasteiger partial charge in [-0.2, -0.15) is 0 Å². The number of rotatable bonds is 7. The highest BCUT2D eigenvalue weighted by Gasteiger charge is 2.12. The lowest BCUT2D eigenvalue weighted by Crippen LogP contribution is -2.16. The molecule has 33 heavy (non-hydrogen) atoms. The molecule has 0 spiro atoms. The molecule has 1 aromatic heterocycles. The zero-order chi connectivity index (χ0) is 23.4. The van der Waals surface area contributed by atoms with Crippen LogP contribution in [0.2, 0.25) is 0 Å². The molecule has 4 rings (SSSR count). The molecule has 1 amide bonds. The van der Waals surface area contributed by atoms with Gasteiger partial charge in [0.05, 0.1) is 17.2 Å². The van der Waals surface area contributed by atoms with Gasteiger partial charge in [0, 0.05) is 29.7 Å². The van der Waals surface area contributed by atoms with Crippen molar-refractivity contribution in [3.05, 3.63) is 94.0 Å². The van der Waals surface area contributed by atoms with Crippen molar-refractivity contribution >= 4 is 33.9 Å². The summed E-state index contributed by atoms with van der Waals surface area (Å²) in [4.78, 5) is 29.7. The maximum absolute atomic E-state index is 13.0. The van der Waals surface area contributed by atoms with E-state index in [-0.39, 0.29) is 11.5 Å². The maximum Gasteiger partial charge on any atom is 0.260 e. The van der Waals surface area contributed by atoms with Crippen LogP contribution in [0.5, 0.6) is 0 Å². The third-order valence-electron chi connectivity index (χ3n) is 5.75. The van der Waals surface area contributed by atoms with Crippen molar-refractivity contribution in [1.29, 1.82) is 0 Å². The third kappa shape index (κ3) is 4.95. The van der Waals surface area contributed by atoms with Gasteiger partial charge in [-0.3, -0.25) is 9.59 Å². The summed E-state index contributed by atoms with van der Waals surface area (Å²) < 4.78 is 1.46. The highest BCUT2D eigenvalue weighted by atomic mass is 16.1. The Morgan fingerprint density at radius 3 is 2.64 bits per heavy atom. The number of fused-ring (bicyclic) bond motifs is 1. The minimum absolute atomic E-state index is 0.0943. The number of benzene rings is 3. The van der Waals surface area contributed by atoms with Crippen molar-refractivity contribution in [2.24, 2.45) is 7.05 Å². The summed E-state index contributed by atoms with van der Waals surface area (Å²) in [5.74, 6) is -0.114. The van der Waals surface area contributed by atoms with E-state index in [1.54, 1.807) is 13.1 Å². The second kappa shape index (κ2) is 9.69. The molecule has 0 atom stereocenters. The summed E-state index contributed by atoms with van der Waals surface area (Å²) in [6.45, 7) is 4.14. The molecule has 1 heterocycles. The lowest BCUT2D eigenvalue weighted by molar-refractivity contribution is 0.102. The highest BCUT2D eigenvalue weighted by molar-refractivity contribution is 6.05. The SMILES string of the molecule is CCCCc1ccccc1C(=O)Nc1ccc(C)c(Nc2ccc3ncn(C)c(=O)c3c2)c1. The van der Waals surface area contributed by atoms with Crippen LogP contribution >= 0.6 is 0 Å². The minimum atomic E-state index is -0.114. The van der Waals surface area contributed by atoms with Crippen LogP contribution in [0.4, 0.5) is 17.1 Å². The number of nitrogens with one attached hydrogen (secondary N) is 2. The fourth-order valence-electron chi connectivity index (χ4n) is 3.80. The first-order valence-electron chi connectivity index (χ1n) is 11.2. The Balaban J connectivity index is 1.58. The molecule has 3 aromatic carbocycles. The predicted molar refractivity (Wildman–Crippen MR) is 134 cm³/mol. The van der Waals surface area contributed by atoms with Crippen molar-refractivity contribution in [3.63, 3.8) is 0 Å². The summed E-state index contributed by atoms with van der Waals surface area (Å²) in [6.07, 6.45) is 4.54. The fourth-order valence-corrected chi connectivity index (χ4v) is 3.80. The van der Waals surface area contributed by atoms with Crippen LogP contribution in [-0.2, 0) is 13.5 Å². The van der Waals surface area contributed by atoms with Gasteiger partial charge in [0.2, 0.25) is 0 Å². The van der Waals surface area contributed by atoms with E-state index in [2.05, 4.69) is 22.5 Å². The number of amides is 1. The van der Waals surface area contributed by atoms with Gasteiger partial charge < -0.3 is 15.2 Å². The Bertz CT molecular complexity index is 1370. The Kier molecular flexibility index (Phi) is 6.54. The van der Waals surface area contributed by atoms with Crippen LogP contribution in [0.15, 0.2) is 71.8 Å². The zero-order valence-electron chi connectivity index (χ0n) is 19.2. The Labute approximate surface area is 193 Å². The van der Waals surface area contributed by atoms with E-state index in [9.17, 15) is 9.59 Å². The van der Waals surface area contributed by atoms with Crippen LogP contribution in [0, 0.1) is 6.92 Å².